The largest absolute Gasteiger partial charge is 1.00 e. The second-order valence-corrected chi connectivity index (χ2v) is 3.57. The average molecular weight is 314 g/mol. The normalized spacial score (nSPS) is 8.50. The summed E-state index contributed by atoms with van der Waals surface area (Å²) in [6.45, 7) is 0. The summed E-state index contributed by atoms with van der Waals surface area (Å²) >= 11 is 0. The zero-order valence-corrected chi connectivity index (χ0v) is 11.4. The van der Waals surface area contributed by atoms with E-state index < -0.39 is 7.54 Å². The quantitative estimate of drug-likeness (QED) is 0.439. The van der Waals surface area contributed by atoms with E-state index in [1.165, 1.54) is 4.73 Å². The molecule has 22 heavy (non-hydrogen) atoms. The Morgan fingerprint density at radius 1 is 1.00 bits per heavy atom. The average Bonchev–Trinajstić information content (AvgIpc) is 2.48. The van der Waals surface area contributed by atoms with Gasteiger partial charge < -0.3 is 9.44 Å². The van der Waals surface area contributed by atoms with Crippen LogP contribution < -0.4 is 19.0 Å². The Kier molecular flexibility index (Phi) is 8.78. The summed E-state index contributed by atoms with van der Waals surface area (Å²) in [5.74, 6) is 1.47. The Labute approximate surface area is 124 Å². The Morgan fingerprint density at radius 2 is 1.45 bits per heavy atom. The minimum atomic E-state index is -3.67. The molecule has 2 rings (SSSR count). The van der Waals surface area contributed by atoms with Gasteiger partial charge in [0.25, 0.3) is 0 Å². The molecule has 0 bridgehead atoms. The van der Waals surface area contributed by atoms with Gasteiger partial charge in [-0.05, 0) is 24.3 Å². The summed E-state index contributed by atoms with van der Waals surface area (Å²) in [4.78, 5) is 5.53. The van der Waals surface area contributed by atoms with Gasteiger partial charge in [-0.3, -0.25) is 12.9 Å². The third kappa shape index (κ3) is 7.14. The lowest BCUT2D eigenvalue weighted by Gasteiger charge is -2.00. The molecule has 0 saturated heterocycles. The van der Waals surface area contributed by atoms with E-state index in [0.29, 0.717) is 11.3 Å². The molecular weight excluding hydrogens is 303 g/mol. The van der Waals surface area contributed by atoms with Gasteiger partial charge in [0.1, 0.15) is 5.75 Å². The minimum absolute atomic E-state index is 0. The van der Waals surface area contributed by atoms with Gasteiger partial charge >= 0.3 is 7.54 Å². The van der Waals surface area contributed by atoms with Gasteiger partial charge in [-0.1, -0.05) is 0 Å². The third-order valence-corrected chi connectivity index (χ3v) is 2.20. The highest BCUT2D eigenvalue weighted by Crippen LogP contribution is 2.15. The van der Waals surface area contributed by atoms with Crippen molar-refractivity contribution in [2.24, 2.45) is 0 Å². The molecule has 0 radical (unpaired) electrons. The fourth-order valence-electron chi connectivity index (χ4n) is 1.31. The molecule has 9 heteroatoms. The number of nitrogens with zero attached hydrogens (tertiary/aromatic N) is 2. The van der Waals surface area contributed by atoms with E-state index in [-0.39, 0.29) is 4.70 Å². The molecule has 0 atom stereocenters. The summed E-state index contributed by atoms with van der Waals surface area (Å²) in [5.41, 5.74) is 0.597. The van der Waals surface area contributed by atoms with Crippen molar-refractivity contribution in [2.75, 3.05) is 7.11 Å². The van der Waals surface area contributed by atoms with Crippen LogP contribution in [0.1, 0.15) is 5.56 Å². The number of halogens is 4. The lowest BCUT2D eigenvalue weighted by Crippen LogP contribution is -3.00. The Bertz CT molecular complexity index is 586. The van der Waals surface area contributed by atoms with Crippen molar-refractivity contribution in [2.45, 2.75) is 0 Å². The maximum Gasteiger partial charge on any atom is 0.762 e. The first kappa shape index (κ1) is 19.2. The van der Waals surface area contributed by atoms with Gasteiger partial charge in [0, 0.05) is 16.9 Å². The molecule has 0 amide bonds. The van der Waals surface area contributed by atoms with Gasteiger partial charge in [0.2, 0.25) is 18.1 Å². The van der Waals surface area contributed by atoms with Crippen LogP contribution in [-0.4, -0.2) is 14.7 Å². The molecule has 1 heterocycles. The second-order valence-electron chi connectivity index (χ2n) is 3.57. The zero-order valence-electron chi connectivity index (χ0n) is 11.4. The van der Waals surface area contributed by atoms with Crippen LogP contribution in [-0.2, 0) is 0 Å². The van der Waals surface area contributed by atoms with Gasteiger partial charge in [0.05, 0.1) is 18.7 Å². The van der Waals surface area contributed by atoms with E-state index in [1.807, 2.05) is 30.3 Å². The molecule has 1 aromatic carbocycles. The number of methoxy groups -OCH3 is 1. The van der Waals surface area contributed by atoms with E-state index in [0.717, 1.165) is 5.75 Å². The van der Waals surface area contributed by atoms with E-state index in [2.05, 4.69) is 0 Å². The molecule has 116 valence electrons. The topological polar surface area (TPSA) is 46.1 Å². The first-order chi connectivity index (χ1) is 10.0. The van der Waals surface area contributed by atoms with Crippen molar-refractivity contribution in [3.05, 3.63) is 54.4 Å². The van der Waals surface area contributed by atoms with Crippen molar-refractivity contribution < 1.29 is 32.0 Å². The number of hydrogen-bond acceptors (Lipinski definition) is 3. The molecule has 0 N–H and O–H groups in total. The van der Waals surface area contributed by atoms with Crippen molar-refractivity contribution in [1.29, 1.82) is 5.26 Å². The summed E-state index contributed by atoms with van der Waals surface area (Å²) < 4.78 is 35.6. The molecule has 0 aliphatic heterocycles. The van der Waals surface area contributed by atoms with Crippen molar-refractivity contribution >= 4 is 7.54 Å². The molecule has 4 nitrogen and oxygen atoms in total. The van der Waals surface area contributed by atoms with Gasteiger partial charge in [-0.25, -0.2) is 4.84 Å². The van der Waals surface area contributed by atoms with E-state index in [1.54, 1.807) is 31.6 Å². The lowest BCUT2D eigenvalue weighted by molar-refractivity contribution is -0.875. The molecule has 0 aliphatic rings. The molecule has 0 fully saturated rings. The van der Waals surface area contributed by atoms with E-state index >= 15 is 0 Å². The van der Waals surface area contributed by atoms with Crippen LogP contribution in [0.15, 0.2) is 48.8 Å². The van der Waals surface area contributed by atoms with Crippen LogP contribution in [0.5, 0.6) is 11.5 Å². The standard InChI is InChI=1S/C13H11N2O2.BF3.FH/c1-16-12-2-4-13(5-3-12)17-15-8-6-11(10-14)7-9-15;2-1(3)4;/h2-9H,1H3;;1H/q+1;;/p-1. The predicted octanol–water partition coefficient (Wildman–Crippen LogP) is -0.420. The van der Waals surface area contributed by atoms with Crippen LogP contribution in [0.4, 0.5) is 12.9 Å². The predicted molar refractivity (Wildman–Crippen MR) is 69.5 cm³/mol. The first-order valence-corrected chi connectivity index (χ1v) is 5.71. The second kappa shape index (κ2) is 10.0. The number of rotatable bonds is 3. The first-order valence-electron chi connectivity index (χ1n) is 5.71. The van der Waals surface area contributed by atoms with Gasteiger partial charge in [-0.15, -0.1) is 0 Å². The fraction of sp³-hybridized carbons (Fsp3) is 0.0769. The molecule has 0 unspecified atom stereocenters. The summed E-state index contributed by atoms with van der Waals surface area (Å²) in [6, 6.07) is 12.7. The highest BCUT2D eigenvalue weighted by Gasteiger charge is 2.06. The fourth-order valence-corrected chi connectivity index (χ4v) is 1.31. The van der Waals surface area contributed by atoms with E-state index in [4.69, 9.17) is 14.8 Å². The molecular formula is C13H11BF4N2O2. The molecule has 2 aromatic rings. The van der Waals surface area contributed by atoms with Crippen LogP contribution in [0.2, 0.25) is 0 Å². The molecule has 1 aromatic heterocycles. The Hall–Kier alpha value is -2.76. The van der Waals surface area contributed by atoms with Crippen LogP contribution >= 0.6 is 0 Å². The SMILES string of the molecule is COc1ccc(O[n+]2ccc(C#N)cc2)cc1.FB(F)F.[F-]. The molecule has 0 saturated carbocycles. The minimum Gasteiger partial charge on any atom is -1.00 e. The smallest absolute Gasteiger partial charge is 0.762 e. The zero-order chi connectivity index (χ0) is 15.7. The monoisotopic (exact) mass is 314 g/mol. The highest BCUT2D eigenvalue weighted by atomic mass is 19.4. The Morgan fingerprint density at radius 3 is 1.86 bits per heavy atom. The number of benzene rings is 1. The number of pyridine rings is 1. The van der Waals surface area contributed by atoms with Gasteiger partial charge in [-0.2, -0.15) is 5.26 Å². The van der Waals surface area contributed by atoms with E-state index in [9.17, 15) is 12.9 Å². The summed E-state index contributed by atoms with van der Waals surface area (Å²) in [6.07, 6.45) is 3.37. The van der Waals surface area contributed by atoms with Crippen molar-refractivity contribution in [3.8, 4) is 17.6 Å². The number of ether oxygens (including phenoxy) is 1. The number of aromatic nitrogens is 1. The summed E-state index contributed by atoms with van der Waals surface area (Å²) in [7, 11) is -2.05. The molecule has 0 spiro atoms. The Balaban J connectivity index is 0.000000791. The number of hydrogen-bond donors (Lipinski definition) is 0. The van der Waals surface area contributed by atoms with Crippen LogP contribution in [0.25, 0.3) is 0 Å². The summed E-state index contributed by atoms with van der Waals surface area (Å²) in [5, 5.41) is 8.66. The van der Waals surface area contributed by atoms with Crippen molar-refractivity contribution in [3.63, 3.8) is 0 Å². The maximum atomic E-state index is 9.67. The lowest BCUT2D eigenvalue weighted by atomic mass is 10.3. The molecule has 0 aliphatic carbocycles. The maximum absolute atomic E-state index is 9.67. The van der Waals surface area contributed by atoms with Crippen LogP contribution in [0.3, 0.4) is 0 Å². The third-order valence-electron chi connectivity index (χ3n) is 2.20. The van der Waals surface area contributed by atoms with Crippen LogP contribution in [0, 0.1) is 11.3 Å². The van der Waals surface area contributed by atoms with Crippen molar-refractivity contribution in [1.82, 2.24) is 0 Å². The highest BCUT2D eigenvalue weighted by molar-refractivity contribution is 6.33. The number of nitriles is 1. The van der Waals surface area contributed by atoms with Gasteiger partial charge in [0.15, 0.2) is 0 Å².